The fourth-order valence-corrected chi connectivity index (χ4v) is 3.14. The normalized spacial score (nSPS) is 34.2. The Balaban J connectivity index is 2.05. The molecule has 0 saturated carbocycles. The summed E-state index contributed by atoms with van der Waals surface area (Å²) in [6.07, 6.45) is 1.84. The van der Waals surface area contributed by atoms with Crippen LogP contribution in [0.1, 0.15) is 40.5 Å². The third-order valence-corrected chi connectivity index (χ3v) is 3.75. The predicted molar refractivity (Wildman–Crippen MR) is 65.1 cm³/mol. The molecule has 3 nitrogen and oxygen atoms in total. The Kier molecular flexibility index (Phi) is 2.99. The summed E-state index contributed by atoms with van der Waals surface area (Å²) in [6.45, 7) is 10.7. The van der Waals surface area contributed by atoms with E-state index in [0.29, 0.717) is 30.3 Å². The number of carbonyl (C=O) groups excluding carboxylic acids is 1. The van der Waals surface area contributed by atoms with Crippen molar-refractivity contribution >= 4 is 5.91 Å². The molecule has 0 radical (unpaired) electrons. The minimum atomic E-state index is 0.0981. The van der Waals surface area contributed by atoms with Gasteiger partial charge in [-0.3, -0.25) is 4.79 Å². The fourth-order valence-electron chi connectivity index (χ4n) is 3.14. The van der Waals surface area contributed by atoms with Gasteiger partial charge in [0.2, 0.25) is 5.91 Å². The smallest absolute Gasteiger partial charge is 0.223 e. The van der Waals surface area contributed by atoms with Gasteiger partial charge in [0, 0.05) is 31.6 Å². The molecule has 2 rings (SSSR count). The van der Waals surface area contributed by atoms with E-state index in [1.54, 1.807) is 0 Å². The number of hydrogen-bond acceptors (Lipinski definition) is 2. The molecule has 1 N–H and O–H groups in total. The van der Waals surface area contributed by atoms with E-state index < -0.39 is 0 Å². The molecule has 3 heteroatoms. The van der Waals surface area contributed by atoms with Gasteiger partial charge in [-0.05, 0) is 24.7 Å². The first-order chi connectivity index (χ1) is 7.38. The molecular formula is C13H24N2O. The highest BCUT2D eigenvalue weighted by Gasteiger charge is 2.44. The molecule has 1 amide bonds. The van der Waals surface area contributed by atoms with Crippen molar-refractivity contribution in [2.24, 2.45) is 11.3 Å². The first kappa shape index (κ1) is 11.9. The molecule has 0 aliphatic carbocycles. The van der Waals surface area contributed by atoms with Crippen molar-refractivity contribution in [3.05, 3.63) is 0 Å². The third kappa shape index (κ3) is 2.24. The Hall–Kier alpha value is -0.570. The monoisotopic (exact) mass is 224 g/mol. The lowest BCUT2D eigenvalue weighted by atomic mass is 9.91. The quantitative estimate of drug-likeness (QED) is 0.734. The largest absolute Gasteiger partial charge is 0.335 e. The molecule has 2 fully saturated rings. The van der Waals surface area contributed by atoms with Crippen molar-refractivity contribution in [2.75, 3.05) is 13.1 Å². The molecule has 0 bridgehead atoms. The van der Waals surface area contributed by atoms with Crippen LogP contribution in [0.15, 0.2) is 0 Å². The second-order valence-corrected chi connectivity index (χ2v) is 6.61. The maximum absolute atomic E-state index is 12.3. The maximum Gasteiger partial charge on any atom is 0.223 e. The molecule has 2 aliphatic heterocycles. The van der Waals surface area contributed by atoms with Crippen molar-refractivity contribution in [3.8, 4) is 0 Å². The van der Waals surface area contributed by atoms with E-state index in [-0.39, 0.29) is 5.41 Å². The van der Waals surface area contributed by atoms with E-state index in [4.69, 9.17) is 0 Å². The molecule has 2 heterocycles. The molecule has 3 unspecified atom stereocenters. The van der Waals surface area contributed by atoms with Crippen LogP contribution >= 0.6 is 0 Å². The molecule has 0 aromatic rings. The van der Waals surface area contributed by atoms with Crippen molar-refractivity contribution < 1.29 is 4.79 Å². The molecule has 16 heavy (non-hydrogen) atoms. The van der Waals surface area contributed by atoms with Crippen molar-refractivity contribution in [1.29, 1.82) is 0 Å². The number of fused-ring (bicyclic) bond motifs is 1. The molecule has 2 saturated heterocycles. The van der Waals surface area contributed by atoms with Crippen LogP contribution in [0.25, 0.3) is 0 Å². The fraction of sp³-hybridized carbons (Fsp3) is 0.923. The van der Waals surface area contributed by atoms with Gasteiger partial charge in [-0.15, -0.1) is 0 Å². The second kappa shape index (κ2) is 4.02. The van der Waals surface area contributed by atoms with Crippen molar-refractivity contribution in [3.63, 3.8) is 0 Å². The van der Waals surface area contributed by atoms with E-state index in [9.17, 15) is 4.79 Å². The minimum Gasteiger partial charge on any atom is -0.335 e. The number of likely N-dealkylation sites (tertiary alicyclic amines) is 1. The van der Waals surface area contributed by atoms with Crippen LogP contribution in [-0.4, -0.2) is 36.0 Å². The highest BCUT2D eigenvalue weighted by atomic mass is 16.2. The van der Waals surface area contributed by atoms with Gasteiger partial charge in [-0.2, -0.15) is 0 Å². The van der Waals surface area contributed by atoms with Crippen LogP contribution in [0, 0.1) is 11.3 Å². The van der Waals surface area contributed by atoms with Crippen LogP contribution in [0.4, 0.5) is 0 Å². The highest BCUT2D eigenvalue weighted by Crippen LogP contribution is 2.34. The maximum atomic E-state index is 12.3. The molecular weight excluding hydrogens is 200 g/mol. The topological polar surface area (TPSA) is 32.3 Å². The van der Waals surface area contributed by atoms with Gasteiger partial charge in [0.25, 0.3) is 0 Å². The van der Waals surface area contributed by atoms with Crippen LogP contribution in [0.2, 0.25) is 0 Å². The Bertz CT molecular complexity index is 282. The number of hydrogen-bond donors (Lipinski definition) is 1. The number of nitrogens with one attached hydrogen (secondary N) is 1. The van der Waals surface area contributed by atoms with Crippen LogP contribution in [0.5, 0.6) is 0 Å². The zero-order valence-electron chi connectivity index (χ0n) is 10.9. The average Bonchev–Trinajstić information content (AvgIpc) is 2.58. The van der Waals surface area contributed by atoms with Crippen LogP contribution in [-0.2, 0) is 4.79 Å². The first-order valence-electron chi connectivity index (χ1n) is 6.40. The molecule has 92 valence electrons. The number of rotatable bonds is 1. The number of carbonyl (C=O) groups is 1. The molecule has 2 aliphatic rings. The zero-order valence-corrected chi connectivity index (χ0v) is 10.9. The van der Waals surface area contributed by atoms with Crippen molar-refractivity contribution in [1.82, 2.24) is 10.2 Å². The SMILES string of the molecule is CC1CC2CNCC2N1C(=O)CC(C)(C)C. The average molecular weight is 224 g/mol. The zero-order chi connectivity index (χ0) is 11.9. The Morgan fingerprint density at radius 3 is 2.69 bits per heavy atom. The minimum absolute atomic E-state index is 0.0981. The second-order valence-electron chi connectivity index (χ2n) is 6.61. The first-order valence-corrected chi connectivity index (χ1v) is 6.40. The van der Waals surface area contributed by atoms with Gasteiger partial charge < -0.3 is 10.2 Å². The lowest BCUT2D eigenvalue weighted by Crippen LogP contribution is -2.43. The number of nitrogens with zero attached hydrogens (tertiary/aromatic N) is 1. The summed E-state index contributed by atoms with van der Waals surface area (Å²) in [5.41, 5.74) is 0.0981. The van der Waals surface area contributed by atoms with E-state index in [1.807, 2.05) is 0 Å². The lowest BCUT2D eigenvalue weighted by molar-refractivity contribution is -0.135. The van der Waals surface area contributed by atoms with Crippen LogP contribution < -0.4 is 5.32 Å². The summed E-state index contributed by atoms with van der Waals surface area (Å²) in [7, 11) is 0. The van der Waals surface area contributed by atoms with E-state index in [0.717, 1.165) is 13.1 Å². The van der Waals surface area contributed by atoms with Gasteiger partial charge in [-0.25, -0.2) is 0 Å². The third-order valence-electron chi connectivity index (χ3n) is 3.75. The van der Waals surface area contributed by atoms with Gasteiger partial charge in [0.15, 0.2) is 0 Å². The van der Waals surface area contributed by atoms with Gasteiger partial charge in [0.1, 0.15) is 0 Å². The summed E-state index contributed by atoms with van der Waals surface area (Å²) in [4.78, 5) is 14.5. The highest BCUT2D eigenvalue weighted by molar-refractivity contribution is 5.78. The lowest BCUT2D eigenvalue weighted by Gasteiger charge is -2.30. The van der Waals surface area contributed by atoms with E-state index in [1.165, 1.54) is 6.42 Å². The predicted octanol–water partition coefficient (Wildman–Crippen LogP) is 1.63. The van der Waals surface area contributed by atoms with Gasteiger partial charge in [0.05, 0.1) is 0 Å². The van der Waals surface area contributed by atoms with Crippen LogP contribution in [0.3, 0.4) is 0 Å². The Morgan fingerprint density at radius 2 is 2.06 bits per heavy atom. The van der Waals surface area contributed by atoms with Crippen molar-refractivity contribution in [2.45, 2.75) is 52.6 Å². The summed E-state index contributed by atoms with van der Waals surface area (Å²) in [5, 5.41) is 3.40. The van der Waals surface area contributed by atoms with E-state index >= 15 is 0 Å². The summed E-state index contributed by atoms with van der Waals surface area (Å²) < 4.78 is 0. The molecule has 0 aromatic heterocycles. The summed E-state index contributed by atoms with van der Waals surface area (Å²) in [5.74, 6) is 1.04. The Labute approximate surface area is 98.6 Å². The Morgan fingerprint density at radius 1 is 1.38 bits per heavy atom. The summed E-state index contributed by atoms with van der Waals surface area (Å²) >= 11 is 0. The number of amides is 1. The van der Waals surface area contributed by atoms with E-state index in [2.05, 4.69) is 37.9 Å². The van der Waals surface area contributed by atoms with Gasteiger partial charge in [-0.1, -0.05) is 20.8 Å². The molecule has 3 atom stereocenters. The molecule has 0 spiro atoms. The summed E-state index contributed by atoms with van der Waals surface area (Å²) in [6, 6.07) is 0.900. The molecule has 0 aromatic carbocycles. The standard InChI is InChI=1S/C13H24N2O/c1-9-5-10-7-14-8-11(10)15(9)12(16)6-13(2,3)4/h9-11,14H,5-8H2,1-4H3. The van der Waals surface area contributed by atoms with Gasteiger partial charge >= 0.3 is 0 Å².